The summed E-state index contributed by atoms with van der Waals surface area (Å²) in [5, 5.41) is 4.64. The lowest BCUT2D eigenvalue weighted by Gasteiger charge is -2.13. The van der Waals surface area contributed by atoms with Crippen LogP contribution in [0.5, 0.6) is 0 Å². The molecule has 0 aliphatic carbocycles. The van der Waals surface area contributed by atoms with Crippen molar-refractivity contribution in [3.63, 3.8) is 0 Å². The minimum atomic E-state index is -0.716. The molecule has 0 spiro atoms. The summed E-state index contributed by atoms with van der Waals surface area (Å²) >= 11 is 0. The number of methoxy groups -OCH3 is 1. The van der Waals surface area contributed by atoms with Gasteiger partial charge in [-0.05, 0) is 37.6 Å². The first kappa shape index (κ1) is 19.6. The fraction of sp³-hybridized carbons (Fsp3) is 0.250. The Balaban J connectivity index is 1.98. The smallest absolute Gasteiger partial charge is 0.262 e. The monoisotopic (exact) mass is 386 g/mol. The highest BCUT2D eigenvalue weighted by atomic mass is 19.1. The van der Waals surface area contributed by atoms with Gasteiger partial charge in [0.25, 0.3) is 5.56 Å². The third kappa shape index (κ3) is 4.23. The van der Waals surface area contributed by atoms with E-state index in [2.05, 4.69) is 15.5 Å². The number of hydrogen-bond donors (Lipinski definition) is 1. The molecule has 8 heteroatoms. The van der Waals surface area contributed by atoms with Gasteiger partial charge in [0.15, 0.2) is 0 Å². The van der Waals surface area contributed by atoms with E-state index >= 15 is 0 Å². The van der Waals surface area contributed by atoms with Crippen molar-refractivity contribution >= 4 is 22.6 Å². The van der Waals surface area contributed by atoms with Crippen LogP contribution in [0, 0.1) is 11.6 Å². The number of rotatable bonds is 7. The zero-order valence-electron chi connectivity index (χ0n) is 15.6. The van der Waals surface area contributed by atoms with Gasteiger partial charge in [0.1, 0.15) is 11.6 Å². The Kier molecular flexibility index (Phi) is 6.10. The Morgan fingerprint density at radius 2 is 2.04 bits per heavy atom. The molecule has 146 valence electrons. The van der Waals surface area contributed by atoms with E-state index in [4.69, 9.17) is 4.74 Å². The van der Waals surface area contributed by atoms with Crippen molar-refractivity contribution in [2.75, 3.05) is 19.1 Å². The van der Waals surface area contributed by atoms with Gasteiger partial charge >= 0.3 is 0 Å². The van der Waals surface area contributed by atoms with Gasteiger partial charge < -0.3 is 4.74 Å². The number of fused-ring (bicyclic) bond motifs is 1. The third-order valence-corrected chi connectivity index (χ3v) is 4.24. The van der Waals surface area contributed by atoms with Gasteiger partial charge in [0.05, 0.1) is 16.6 Å². The van der Waals surface area contributed by atoms with Crippen LogP contribution in [-0.2, 0) is 11.3 Å². The molecule has 6 nitrogen and oxygen atoms in total. The van der Waals surface area contributed by atoms with E-state index in [0.717, 1.165) is 12.1 Å². The van der Waals surface area contributed by atoms with E-state index < -0.39 is 11.6 Å². The van der Waals surface area contributed by atoms with Gasteiger partial charge in [0.2, 0.25) is 5.95 Å². The van der Waals surface area contributed by atoms with Crippen LogP contribution in [0.2, 0.25) is 0 Å². The average molecular weight is 386 g/mol. The second kappa shape index (κ2) is 8.71. The first-order valence-electron chi connectivity index (χ1n) is 8.75. The van der Waals surface area contributed by atoms with Crippen molar-refractivity contribution in [3.8, 4) is 0 Å². The van der Waals surface area contributed by atoms with E-state index in [0.29, 0.717) is 36.2 Å². The summed E-state index contributed by atoms with van der Waals surface area (Å²) in [5.74, 6) is -1.14. The van der Waals surface area contributed by atoms with Crippen LogP contribution < -0.4 is 11.0 Å². The molecule has 0 bridgehead atoms. The van der Waals surface area contributed by atoms with Crippen LogP contribution in [-0.4, -0.2) is 29.0 Å². The number of aromatic nitrogens is 2. The highest BCUT2D eigenvalue weighted by Gasteiger charge is 2.11. The number of nitrogens with one attached hydrogen (secondary N) is 1. The molecule has 0 aliphatic rings. The Hall–Kier alpha value is -3.13. The fourth-order valence-corrected chi connectivity index (χ4v) is 2.80. The van der Waals surface area contributed by atoms with Crippen molar-refractivity contribution in [1.82, 2.24) is 9.55 Å². The van der Waals surface area contributed by atoms with Gasteiger partial charge in [-0.25, -0.2) is 19.2 Å². The molecule has 28 heavy (non-hydrogen) atoms. The Morgan fingerprint density at radius 1 is 1.25 bits per heavy atom. The van der Waals surface area contributed by atoms with Crippen LogP contribution in [0.1, 0.15) is 18.9 Å². The summed E-state index contributed by atoms with van der Waals surface area (Å²) < 4.78 is 33.6. The number of nitrogens with zero attached hydrogens (tertiary/aromatic N) is 3. The summed E-state index contributed by atoms with van der Waals surface area (Å²) in [6.45, 7) is 2.45. The maximum absolute atomic E-state index is 14.0. The highest BCUT2D eigenvalue weighted by Crippen LogP contribution is 2.14. The molecule has 3 rings (SSSR count). The molecule has 0 aliphatic heterocycles. The summed E-state index contributed by atoms with van der Waals surface area (Å²) in [7, 11) is 1.59. The number of ether oxygens (including phenoxy) is 1. The van der Waals surface area contributed by atoms with Crippen molar-refractivity contribution in [2.45, 2.75) is 19.9 Å². The molecule has 0 saturated carbocycles. The maximum atomic E-state index is 14.0. The zero-order chi connectivity index (χ0) is 20.1. The second-order valence-electron chi connectivity index (χ2n) is 6.19. The van der Waals surface area contributed by atoms with Crippen LogP contribution in [0.15, 0.2) is 52.4 Å². The topological polar surface area (TPSA) is 68.5 Å². The van der Waals surface area contributed by atoms with Crippen molar-refractivity contribution in [3.05, 3.63) is 70.0 Å². The normalized spacial score (nSPS) is 11.8. The van der Waals surface area contributed by atoms with Gasteiger partial charge in [-0.15, -0.1) is 0 Å². The predicted octanol–water partition coefficient (Wildman–Crippen LogP) is 3.55. The molecule has 3 aromatic rings. The second-order valence-corrected chi connectivity index (χ2v) is 6.19. The van der Waals surface area contributed by atoms with E-state index in [1.54, 1.807) is 38.3 Å². The Bertz CT molecular complexity index is 1080. The first-order chi connectivity index (χ1) is 13.5. The number of benzene rings is 2. The molecule has 1 aromatic heterocycles. The van der Waals surface area contributed by atoms with Crippen molar-refractivity contribution in [2.24, 2.45) is 5.10 Å². The minimum absolute atomic E-state index is 0.156. The lowest BCUT2D eigenvalue weighted by atomic mass is 10.1. The molecule has 2 aromatic carbocycles. The van der Waals surface area contributed by atoms with E-state index in [9.17, 15) is 13.6 Å². The summed E-state index contributed by atoms with van der Waals surface area (Å²) in [4.78, 5) is 17.3. The van der Waals surface area contributed by atoms with Crippen LogP contribution in [0.3, 0.4) is 0 Å². The van der Waals surface area contributed by atoms with E-state index in [1.165, 1.54) is 10.6 Å². The van der Waals surface area contributed by atoms with Gasteiger partial charge in [-0.1, -0.05) is 12.1 Å². The molecule has 0 saturated heterocycles. The number of halogens is 2. The number of hydrogen-bond acceptors (Lipinski definition) is 5. The fourth-order valence-electron chi connectivity index (χ4n) is 2.80. The Labute approximate surface area is 160 Å². The number of para-hydroxylation sites is 1. The lowest BCUT2D eigenvalue weighted by molar-refractivity contribution is 0.190. The van der Waals surface area contributed by atoms with E-state index in [-0.39, 0.29) is 17.1 Å². The van der Waals surface area contributed by atoms with Crippen LogP contribution >= 0.6 is 0 Å². The van der Waals surface area contributed by atoms with E-state index in [1.807, 2.05) is 0 Å². The van der Waals surface area contributed by atoms with Gasteiger partial charge in [-0.2, -0.15) is 5.10 Å². The zero-order valence-corrected chi connectivity index (χ0v) is 15.6. The van der Waals surface area contributed by atoms with Crippen LogP contribution in [0.25, 0.3) is 10.9 Å². The highest BCUT2D eigenvalue weighted by molar-refractivity contribution is 5.99. The Morgan fingerprint density at radius 3 is 2.79 bits per heavy atom. The lowest BCUT2D eigenvalue weighted by Crippen LogP contribution is -2.25. The first-order valence-corrected chi connectivity index (χ1v) is 8.75. The molecule has 0 unspecified atom stereocenters. The predicted molar refractivity (Wildman–Crippen MR) is 105 cm³/mol. The summed E-state index contributed by atoms with van der Waals surface area (Å²) in [5.41, 5.74) is 3.53. The molecule has 0 atom stereocenters. The van der Waals surface area contributed by atoms with Crippen LogP contribution in [0.4, 0.5) is 14.7 Å². The standard InChI is InChI=1S/C20H20F2N4O2/c1-13(15-9-8-14(21)12-17(15)22)24-25-20-23-18-7-4-3-6-16(18)19(27)26(20)10-5-11-28-2/h3-4,6-9,12H,5,10-11H2,1-2H3,(H,23,25)/b24-13-. The molecule has 1 N–H and O–H groups in total. The summed E-state index contributed by atoms with van der Waals surface area (Å²) in [6.07, 6.45) is 0.612. The summed E-state index contributed by atoms with van der Waals surface area (Å²) in [6, 6.07) is 10.3. The molecule has 0 fully saturated rings. The average Bonchev–Trinajstić information content (AvgIpc) is 2.68. The van der Waals surface area contributed by atoms with Gasteiger partial charge in [-0.3, -0.25) is 9.36 Å². The number of hydrazone groups is 1. The molecule has 0 amide bonds. The maximum Gasteiger partial charge on any atom is 0.262 e. The van der Waals surface area contributed by atoms with Gasteiger partial charge in [0, 0.05) is 31.9 Å². The van der Waals surface area contributed by atoms with Crippen molar-refractivity contribution in [1.29, 1.82) is 0 Å². The minimum Gasteiger partial charge on any atom is -0.385 e. The third-order valence-electron chi connectivity index (χ3n) is 4.24. The molecule has 1 heterocycles. The SMILES string of the molecule is COCCCn1c(N/N=C(/C)c2ccc(F)cc2F)nc2ccccc2c1=O. The van der Waals surface area contributed by atoms with Crippen molar-refractivity contribution < 1.29 is 13.5 Å². The molecular weight excluding hydrogens is 366 g/mol. The molecular formula is C20H20F2N4O2. The quantitative estimate of drug-likeness (QED) is 0.383. The largest absolute Gasteiger partial charge is 0.385 e. The molecule has 0 radical (unpaired) electrons. The number of anilines is 1.